The van der Waals surface area contributed by atoms with Crippen LogP contribution in [0.15, 0.2) is 30.3 Å². The summed E-state index contributed by atoms with van der Waals surface area (Å²) in [5.74, 6) is 0.246. The summed E-state index contributed by atoms with van der Waals surface area (Å²) in [7, 11) is 0. The fourth-order valence-corrected chi connectivity index (χ4v) is 1.85. The molecule has 1 aromatic carbocycles. The minimum atomic E-state index is -0.942. The molecular formula is C13H12ClN3O2. The summed E-state index contributed by atoms with van der Waals surface area (Å²) < 4.78 is 0. The highest BCUT2D eigenvalue weighted by Gasteiger charge is 2.04. The molecule has 0 saturated carbocycles. The molecule has 0 radical (unpaired) electrons. The third-order valence-corrected chi connectivity index (χ3v) is 2.65. The van der Waals surface area contributed by atoms with Crippen LogP contribution in [-0.2, 0) is 6.54 Å². The molecule has 2 rings (SSSR count). The van der Waals surface area contributed by atoms with Gasteiger partial charge in [0.15, 0.2) is 0 Å². The molecule has 0 bridgehead atoms. The van der Waals surface area contributed by atoms with E-state index in [2.05, 4.69) is 15.3 Å². The number of benzene rings is 1. The van der Waals surface area contributed by atoms with Gasteiger partial charge < -0.3 is 10.4 Å². The molecule has 5 nitrogen and oxygen atoms in total. The first-order chi connectivity index (χ1) is 9.04. The second-order valence-corrected chi connectivity index (χ2v) is 4.37. The summed E-state index contributed by atoms with van der Waals surface area (Å²) >= 11 is 5.83. The number of carboxylic acids is 1. The van der Waals surface area contributed by atoms with E-state index in [4.69, 9.17) is 16.7 Å². The van der Waals surface area contributed by atoms with Crippen molar-refractivity contribution < 1.29 is 9.90 Å². The second kappa shape index (κ2) is 5.67. The van der Waals surface area contributed by atoms with Gasteiger partial charge in [-0.05, 0) is 24.6 Å². The van der Waals surface area contributed by atoms with E-state index in [-0.39, 0.29) is 5.56 Å². The number of rotatable bonds is 4. The minimum absolute atomic E-state index is 0.260. The lowest BCUT2D eigenvalue weighted by molar-refractivity contribution is 0.0697. The van der Waals surface area contributed by atoms with Crippen molar-refractivity contribution >= 4 is 23.4 Å². The summed E-state index contributed by atoms with van der Waals surface area (Å²) in [4.78, 5) is 19.0. The van der Waals surface area contributed by atoms with E-state index in [1.165, 1.54) is 0 Å². The number of carboxylic acid groups (broad SMARTS) is 1. The fourth-order valence-electron chi connectivity index (χ4n) is 1.63. The number of aromatic nitrogens is 2. The van der Waals surface area contributed by atoms with Gasteiger partial charge in [-0.15, -0.1) is 0 Å². The number of aryl methyl sites for hydroxylation is 1. The first-order valence-corrected chi connectivity index (χ1v) is 5.99. The monoisotopic (exact) mass is 277 g/mol. The van der Waals surface area contributed by atoms with Crippen LogP contribution < -0.4 is 5.32 Å². The lowest BCUT2D eigenvalue weighted by Gasteiger charge is -2.07. The van der Waals surface area contributed by atoms with Gasteiger partial charge >= 0.3 is 5.97 Å². The van der Waals surface area contributed by atoms with Crippen LogP contribution in [0.1, 0.15) is 21.7 Å². The quantitative estimate of drug-likeness (QED) is 0.841. The molecule has 0 aliphatic carbocycles. The minimum Gasteiger partial charge on any atom is -0.478 e. The average Bonchev–Trinajstić information content (AvgIpc) is 2.35. The number of nitrogens with zero attached hydrogens (tertiary/aromatic N) is 2. The topological polar surface area (TPSA) is 75.1 Å². The zero-order chi connectivity index (χ0) is 13.8. The number of carbonyl (C=O) groups is 1. The number of nitrogens with one attached hydrogen (secondary N) is 1. The molecule has 0 atom stereocenters. The second-order valence-electron chi connectivity index (χ2n) is 3.98. The van der Waals surface area contributed by atoms with E-state index in [0.717, 1.165) is 5.56 Å². The van der Waals surface area contributed by atoms with Crippen LogP contribution in [0.25, 0.3) is 0 Å². The Labute approximate surface area is 115 Å². The predicted octanol–water partition coefficient (Wildman–Crippen LogP) is 2.75. The molecule has 1 aromatic heterocycles. The highest BCUT2D eigenvalue weighted by atomic mass is 35.5. The molecule has 2 N–H and O–H groups in total. The Morgan fingerprint density at radius 1 is 1.37 bits per heavy atom. The van der Waals surface area contributed by atoms with E-state index in [1.807, 2.05) is 6.07 Å². The highest BCUT2D eigenvalue weighted by molar-refractivity contribution is 6.29. The zero-order valence-electron chi connectivity index (χ0n) is 10.2. The molecule has 1 heterocycles. The molecule has 6 heteroatoms. The van der Waals surface area contributed by atoms with Gasteiger partial charge in [0.25, 0.3) is 0 Å². The van der Waals surface area contributed by atoms with Gasteiger partial charge in [-0.2, -0.15) is 0 Å². The molecular weight excluding hydrogens is 266 g/mol. The Morgan fingerprint density at radius 3 is 2.84 bits per heavy atom. The fraction of sp³-hybridized carbons (Fsp3) is 0.154. The first kappa shape index (κ1) is 13.3. The molecule has 98 valence electrons. The van der Waals surface area contributed by atoms with Crippen molar-refractivity contribution in [1.29, 1.82) is 0 Å². The van der Waals surface area contributed by atoms with Crippen molar-refractivity contribution in [2.24, 2.45) is 0 Å². The van der Waals surface area contributed by atoms with Gasteiger partial charge in [0.05, 0.1) is 5.56 Å². The van der Waals surface area contributed by atoms with E-state index in [0.29, 0.717) is 23.3 Å². The highest BCUT2D eigenvalue weighted by Crippen LogP contribution is 2.13. The van der Waals surface area contributed by atoms with Crippen molar-refractivity contribution in [3.05, 3.63) is 52.4 Å². The Bertz CT molecular complexity index is 596. The lowest BCUT2D eigenvalue weighted by Crippen LogP contribution is -2.04. The lowest BCUT2D eigenvalue weighted by atomic mass is 10.1. The van der Waals surface area contributed by atoms with Crippen LogP contribution in [0.2, 0.25) is 5.15 Å². The van der Waals surface area contributed by atoms with E-state index >= 15 is 0 Å². The van der Waals surface area contributed by atoms with Crippen LogP contribution >= 0.6 is 11.6 Å². The Balaban J connectivity index is 2.10. The van der Waals surface area contributed by atoms with Gasteiger partial charge in [-0.25, -0.2) is 14.8 Å². The maximum atomic E-state index is 10.9. The van der Waals surface area contributed by atoms with Crippen LogP contribution in [-0.4, -0.2) is 21.0 Å². The Hall–Kier alpha value is -2.14. The van der Waals surface area contributed by atoms with Crippen LogP contribution in [0.4, 0.5) is 5.82 Å². The van der Waals surface area contributed by atoms with Crippen LogP contribution in [0.3, 0.4) is 0 Å². The summed E-state index contributed by atoms with van der Waals surface area (Å²) in [5, 5.41) is 12.4. The van der Waals surface area contributed by atoms with Crippen molar-refractivity contribution in [2.75, 3.05) is 5.32 Å². The smallest absolute Gasteiger partial charge is 0.335 e. The largest absolute Gasteiger partial charge is 0.478 e. The van der Waals surface area contributed by atoms with Crippen LogP contribution in [0, 0.1) is 6.92 Å². The molecule has 0 amide bonds. The number of halogens is 1. The molecule has 0 aliphatic heterocycles. The van der Waals surface area contributed by atoms with Crippen molar-refractivity contribution in [1.82, 2.24) is 9.97 Å². The first-order valence-electron chi connectivity index (χ1n) is 5.62. The Kier molecular flexibility index (Phi) is 3.97. The Morgan fingerprint density at radius 2 is 2.16 bits per heavy atom. The van der Waals surface area contributed by atoms with Crippen molar-refractivity contribution in [3.8, 4) is 0 Å². The number of hydrogen-bond acceptors (Lipinski definition) is 4. The molecule has 2 aromatic rings. The third-order valence-electron chi connectivity index (χ3n) is 2.45. The predicted molar refractivity (Wildman–Crippen MR) is 72.5 cm³/mol. The maximum absolute atomic E-state index is 10.9. The van der Waals surface area contributed by atoms with E-state index in [9.17, 15) is 4.79 Å². The van der Waals surface area contributed by atoms with Gasteiger partial charge in [0, 0.05) is 12.6 Å². The van der Waals surface area contributed by atoms with Crippen molar-refractivity contribution in [3.63, 3.8) is 0 Å². The summed E-state index contributed by atoms with van der Waals surface area (Å²) in [6.45, 7) is 2.22. The molecule has 0 unspecified atom stereocenters. The molecule has 0 spiro atoms. The van der Waals surface area contributed by atoms with E-state index in [1.54, 1.807) is 31.2 Å². The van der Waals surface area contributed by atoms with Gasteiger partial charge in [0.2, 0.25) is 0 Å². The SMILES string of the molecule is Cc1nc(Cl)cc(NCc2cccc(C(=O)O)c2)n1. The molecule has 0 saturated heterocycles. The van der Waals surface area contributed by atoms with Crippen LogP contribution in [0.5, 0.6) is 0 Å². The van der Waals surface area contributed by atoms with E-state index < -0.39 is 5.97 Å². The molecule has 0 aliphatic rings. The number of anilines is 1. The third kappa shape index (κ3) is 3.66. The standard InChI is InChI=1S/C13H12ClN3O2/c1-8-16-11(14)6-12(17-8)15-7-9-3-2-4-10(5-9)13(18)19/h2-6H,7H2,1H3,(H,18,19)(H,15,16,17). The number of aromatic carboxylic acids is 1. The van der Waals surface area contributed by atoms with Gasteiger partial charge in [-0.3, -0.25) is 0 Å². The normalized spacial score (nSPS) is 10.2. The van der Waals surface area contributed by atoms with Gasteiger partial charge in [0.1, 0.15) is 16.8 Å². The summed E-state index contributed by atoms with van der Waals surface area (Å²) in [5.41, 5.74) is 1.11. The number of hydrogen-bond donors (Lipinski definition) is 2. The molecule has 0 fully saturated rings. The maximum Gasteiger partial charge on any atom is 0.335 e. The summed E-state index contributed by atoms with van der Waals surface area (Å²) in [6.07, 6.45) is 0. The zero-order valence-corrected chi connectivity index (χ0v) is 11.0. The average molecular weight is 278 g/mol. The molecule has 19 heavy (non-hydrogen) atoms. The van der Waals surface area contributed by atoms with Crippen molar-refractivity contribution in [2.45, 2.75) is 13.5 Å². The summed E-state index contributed by atoms with van der Waals surface area (Å²) in [6, 6.07) is 8.34. The van der Waals surface area contributed by atoms with Gasteiger partial charge in [-0.1, -0.05) is 23.7 Å².